The maximum Gasteiger partial charge on any atom is 0.410 e. The number of rotatable bonds is 3. The first-order valence-corrected chi connectivity index (χ1v) is 7.02. The Morgan fingerprint density at radius 3 is 2.68 bits per heavy atom. The number of carbonyl (C=O) groups excluding carboxylic acids is 1. The van der Waals surface area contributed by atoms with Gasteiger partial charge in [-0.2, -0.15) is 0 Å². The van der Waals surface area contributed by atoms with Gasteiger partial charge < -0.3 is 9.64 Å². The van der Waals surface area contributed by atoms with Crippen molar-refractivity contribution in [3.05, 3.63) is 35.9 Å². The number of carbonyl (C=O) groups is 1. The van der Waals surface area contributed by atoms with Crippen LogP contribution < -0.4 is 0 Å². The van der Waals surface area contributed by atoms with Crippen molar-refractivity contribution >= 4 is 6.09 Å². The Morgan fingerprint density at radius 2 is 2.00 bits per heavy atom. The lowest BCUT2D eigenvalue weighted by Crippen LogP contribution is -2.46. The van der Waals surface area contributed by atoms with Gasteiger partial charge in [-0.05, 0) is 31.5 Å². The molecule has 0 aliphatic carbocycles. The van der Waals surface area contributed by atoms with E-state index in [1.165, 1.54) is 19.5 Å². The van der Waals surface area contributed by atoms with Crippen LogP contribution in [0.2, 0.25) is 0 Å². The third-order valence-electron chi connectivity index (χ3n) is 4.03. The van der Waals surface area contributed by atoms with Gasteiger partial charge in [-0.15, -0.1) is 0 Å². The maximum absolute atomic E-state index is 12.0. The topological polar surface area (TPSA) is 32.8 Å². The molecule has 0 N–H and O–H groups in total. The van der Waals surface area contributed by atoms with Gasteiger partial charge in [0.2, 0.25) is 0 Å². The van der Waals surface area contributed by atoms with Gasteiger partial charge in [0.15, 0.2) is 0 Å². The van der Waals surface area contributed by atoms with Crippen molar-refractivity contribution in [1.82, 2.24) is 9.80 Å². The predicted molar refractivity (Wildman–Crippen MR) is 72.8 cm³/mol. The Bertz CT molecular complexity index is 431. The molecule has 3 rings (SSSR count). The Balaban J connectivity index is 1.46. The second-order valence-corrected chi connectivity index (χ2v) is 5.32. The van der Waals surface area contributed by atoms with Crippen LogP contribution in [0.3, 0.4) is 0 Å². The van der Waals surface area contributed by atoms with E-state index in [0.29, 0.717) is 12.6 Å². The molecule has 4 nitrogen and oxygen atoms in total. The number of hydrogen-bond donors (Lipinski definition) is 0. The minimum atomic E-state index is -0.174. The first kappa shape index (κ1) is 12.5. The van der Waals surface area contributed by atoms with Crippen LogP contribution in [0.1, 0.15) is 18.4 Å². The summed E-state index contributed by atoms with van der Waals surface area (Å²) in [4.78, 5) is 16.3. The third kappa shape index (κ3) is 2.89. The zero-order valence-corrected chi connectivity index (χ0v) is 11.1. The molecule has 2 heterocycles. The van der Waals surface area contributed by atoms with Crippen molar-refractivity contribution in [3.8, 4) is 0 Å². The minimum absolute atomic E-state index is 0.174. The summed E-state index contributed by atoms with van der Waals surface area (Å²) in [5.41, 5.74) is 1.04. The highest BCUT2D eigenvalue weighted by molar-refractivity contribution is 5.68. The highest BCUT2D eigenvalue weighted by Gasteiger charge is 2.33. The first-order valence-electron chi connectivity index (χ1n) is 7.02. The number of likely N-dealkylation sites (tertiary alicyclic amines) is 2. The molecule has 0 aromatic heterocycles. The SMILES string of the molecule is O=C(OCc1ccccc1)N1CC[C@@H](N2CCC2)C1. The molecule has 1 aromatic carbocycles. The second-order valence-electron chi connectivity index (χ2n) is 5.32. The Hall–Kier alpha value is -1.55. The predicted octanol–water partition coefficient (Wildman–Crippen LogP) is 2.10. The third-order valence-corrected chi connectivity index (χ3v) is 4.03. The van der Waals surface area contributed by atoms with E-state index in [9.17, 15) is 4.79 Å². The summed E-state index contributed by atoms with van der Waals surface area (Å²) in [6, 6.07) is 10.4. The lowest BCUT2D eigenvalue weighted by molar-refractivity contribution is 0.0917. The highest BCUT2D eigenvalue weighted by atomic mass is 16.6. The summed E-state index contributed by atoms with van der Waals surface area (Å²) in [7, 11) is 0. The van der Waals surface area contributed by atoms with E-state index in [-0.39, 0.29) is 6.09 Å². The van der Waals surface area contributed by atoms with Crippen molar-refractivity contribution in [2.45, 2.75) is 25.5 Å². The van der Waals surface area contributed by atoms with Crippen LogP contribution in [0.4, 0.5) is 4.79 Å². The molecule has 2 saturated heterocycles. The van der Waals surface area contributed by atoms with Crippen LogP contribution in [0, 0.1) is 0 Å². The van der Waals surface area contributed by atoms with Gasteiger partial charge in [0.05, 0.1) is 0 Å². The first-order chi connectivity index (χ1) is 9.33. The monoisotopic (exact) mass is 260 g/mol. The lowest BCUT2D eigenvalue weighted by Gasteiger charge is -2.36. The zero-order chi connectivity index (χ0) is 13.1. The van der Waals surface area contributed by atoms with Gasteiger partial charge in [-0.25, -0.2) is 4.79 Å². The molecule has 2 fully saturated rings. The van der Waals surface area contributed by atoms with E-state index >= 15 is 0 Å². The van der Waals surface area contributed by atoms with Gasteiger partial charge in [0.1, 0.15) is 6.61 Å². The van der Waals surface area contributed by atoms with Gasteiger partial charge in [0, 0.05) is 19.1 Å². The Morgan fingerprint density at radius 1 is 1.21 bits per heavy atom. The van der Waals surface area contributed by atoms with E-state index in [0.717, 1.165) is 25.1 Å². The molecule has 0 bridgehead atoms. The molecule has 0 spiro atoms. The average molecular weight is 260 g/mol. The van der Waals surface area contributed by atoms with E-state index in [4.69, 9.17) is 4.74 Å². The number of nitrogens with zero attached hydrogens (tertiary/aromatic N) is 2. The van der Waals surface area contributed by atoms with Gasteiger partial charge in [0.25, 0.3) is 0 Å². The van der Waals surface area contributed by atoms with E-state index in [1.807, 2.05) is 35.2 Å². The summed E-state index contributed by atoms with van der Waals surface area (Å²) in [5.74, 6) is 0. The molecule has 0 saturated carbocycles. The quantitative estimate of drug-likeness (QED) is 0.834. The Labute approximate surface area is 113 Å². The van der Waals surface area contributed by atoms with E-state index < -0.39 is 0 Å². The maximum atomic E-state index is 12.0. The molecular weight excluding hydrogens is 240 g/mol. The van der Waals surface area contributed by atoms with Crippen LogP contribution in [0.5, 0.6) is 0 Å². The molecule has 102 valence electrons. The van der Waals surface area contributed by atoms with Crippen LogP contribution in [0.25, 0.3) is 0 Å². The molecule has 0 unspecified atom stereocenters. The summed E-state index contributed by atoms with van der Waals surface area (Å²) < 4.78 is 5.36. The van der Waals surface area contributed by atoms with Crippen LogP contribution in [0.15, 0.2) is 30.3 Å². The molecule has 2 aliphatic rings. The van der Waals surface area contributed by atoms with Gasteiger partial charge >= 0.3 is 6.09 Å². The van der Waals surface area contributed by atoms with Crippen molar-refractivity contribution in [2.75, 3.05) is 26.2 Å². The minimum Gasteiger partial charge on any atom is -0.445 e. The van der Waals surface area contributed by atoms with Crippen LogP contribution in [-0.4, -0.2) is 48.1 Å². The summed E-state index contributed by atoms with van der Waals surface area (Å²) in [6.45, 7) is 4.40. The summed E-state index contributed by atoms with van der Waals surface area (Å²) in [6.07, 6.45) is 2.21. The zero-order valence-electron chi connectivity index (χ0n) is 11.1. The van der Waals surface area contributed by atoms with E-state index in [1.54, 1.807) is 0 Å². The van der Waals surface area contributed by atoms with Gasteiger partial charge in [-0.1, -0.05) is 30.3 Å². The van der Waals surface area contributed by atoms with Crippen molar-refractivity contribution < 1.29 is 9.53 Å². The number of ether oxygens (including phenoxy) is 1. The molecule has 19 heavy (non-hydrogen) atoms. The average Bonchev–Trinajstić information content (AvgIpc) is 2.84. The van der Waals surface area contributed by atoms with Crippen molar-refractivity contribution in [1.29, 1.82) is 0 Å². The number of amides is 1. The molecule has 1 amide bonds. The fourth-order valence-corrected chi connectivity index (χ4v) is 2.72. The normalized spacial score (nSPS) is 23.2. The summed E-state index contributed by atoms with van der Waals surface area (Å²) in [5, 5.41) is 0. The number of benzene rings is 1. The second kappa shape index (κ2) is 5.61. The molecule has 2 aliphatic heterocycles. The molecule has 4 heteroatoms. The standard InChI is InChI=1S/C15H20N2O2/c18-15(19-12-13-5-2-1-3-6-13)17-10-7-14(11-17)16-8-4-9-16/h1-3,5-6,14H,4,7-12H2/t14-/m1/s1. The van der Waals surface area contributed by atoms with Crippen molar-refractivity contribution in [2.24, 2.45) is 0 Å². The Kier molecular flexibility index (Phi) is 3.69. The summed E-state index contributed by atoms with van der Waals surface area (Å²) >= 11 is 0. The van der Waals surface area contributed by atoms with Gasteiger partial charge in [-0.3, -0.25) is 4.90 Å². The largest absolute Gasteiger partial charge is 0.445 e. The van der Waals surface area contributed by atoms with Crippen LogP contribution >= 0.6 is 0 Å². The fraction of sp³-hybridized carbons (Fsp3) is 0.533. The number of hydrogen-bond acceptors (Lipinski definition) is 3. The fourth-order valence-electron chi connectivity index (χ4n) is 2.72. The lowest BCUT2D eigenvalue weighted by atomic mass is 10.1. The van der Waals surface area contributed by atoms with E-state index in [2.05, 4.69) is 4.90 Å². The van der Waals surface area contributed by atoms with Crippen molar-refractivity contribution in [3.63, 3.8) is 0 Å². The molecule has 0 radical (unpaired) electrons. The smallest absolute Gasteiger partial charge is 0.410 e. The molecular formula is C15H20N2O2. The molecule has 1 atom stereocenters. The van der Waals surface area contributed by atoms with Crippen LogP contribution in [-0.2, 0) is 11.3 Å². The molecule has 1 aromatic rings. The highest BCUT2D eigenvalue weighted by Crippen LogP contribution is 2.21.